The normalized spacial score (nSPS) is 15.8. The molecule has 0 saturated carbocycles. The van der Waals surface area contributed by atoms with Crippen molar-refractivity contribution in [1.82, 2.24) is 14.4 Å². The van der Waals surface area contributed by atoms with Crippen LogP contribution in [-0.2, 0) is 9.59 Å². The Balaban J connectivity index is 1.84. The molecule has 2 heterocycles. The molecule has 0 bridgehead atoms. The van der Waals surface area contributed by atoms with E-state index in [1.807, 2.05) is 12.1 Å². The smallest absolute Gasteiger partial charge is 0.259 e. The Hall–Kier alpha value is -2.83. The molecule has 7 nitrogen and oxygen atoms in total. The maximum atomic E-state index is 12.9. The first-order valence-electron chi connectivity index (χ1n) is 8.65. The molecule has 2 amide bonds. The standard InChI is InChI=1S/C19H23N3O4/c1-13(18(24)21-10-8-20(9-11-21)14(2)23)22-7-6-15-4-5-16(26-3)12-17(15)19(22)25/h4-7,12-13H,8-11H2,1-3H3/t13-/m0/s1. The lowest BCUT2D eigenvalue weighted by atomic mass is 10.1. The summed E-state index contributed by atoms with van der Waals surface area (Å²) in [7, 11) is 1.55. The number of carbonyl (C=O) groups excluding carboxylic acids is 2. The molecule has 7 heteroatoms. The predicted octanol–water partition coefficient (Wildman–Crippen LogP) is 1.26. The fourth-order valence-corrected chi connectivity index (χ4v) is 3.29. The molecule has 0 N–H and O–H groups in total. The second-order valence-electron chi connectivity index (χ2n) is 6.49. The number of ether oxygens (including phenoxy) is 1. The van der Waals surface area contributed by atoms with Crippen LogP contribution in [0.15, 0.2) is 35.3 Å². The highest BCUT2D eigenvalue weighted by molar-refractivity contribution is 5.84. The largest absolute Gasteiger partial charge is 0.497 e. The number of nitrogens with zero attached hydrogens (tertiary/aromatic N) is 3. The van der Waals surface area contributed by atoms with Crippen LogP contribution in [0.1, 0.15) is 19.9 Å². The fourth-order valence-electron chi connectivity index (χ4n) is 3.29. The van der Waals surface area contributed by atoms with Gasteiger partial charge in [0, 0.05) is 39.3 Å². The van der Waals surface area contributed by atoms with Crippen molar-refractivity contribution in [3.8, 4) is 5.75 Å². The summed E-state index contributed by atoms with van der Waals surface area (Å²) in [5, 5.41) is 1.33. The SMILES string of the molecule is COc1ccc2ccn([C@@H](C)C(=O)N3CCN(C(C)=O)CC3)c(=O)c2c1. The van der Waals surface area contributed by atoms with Crippen molar-refractivity contribution in [1.29, 1.82) is 0 Å². The van der Waals surface area contributed by atoms with Gasteiger partial charge in [0.1, 0.15) is 11.8 Å². The van der Waals surface area contributed by atoms with Gasteiger partial charge in [0.25, 0.3) is 5.56 Å². The van der Waals surface area contributed by atoms with Crippen LogP contribution in [-0.4, -0.2) is 59.5 Å². The van der Waals surface area contributed by atoms with Crippen molar-refractivity contribution in [2.75, 3.05) is 33.3 Å². The molecule has 0 aliphatic carbocycles. The van der Waals surface area contributed by atoms with Gasteiger partial charge >= 0.3 is 0 Å². The molecule has 1 fully saturated rings. The minimum Gasteiger partial charge on any atom is -0.497 e. The van der Waals surface area contributed by atoms with Crippen molar-refractivity contribution in [3.63, 3.8) is 0 Å². The summed E-state index contributed by atoms with van der Waals surface area (Å²) >= 11 is 0. The fraction of sp³-hybridized carbons (Fsp3) is 0.421. The van der Waals surface area contributed by atoms with E-state index in [0.717, 1.165) is 5.39 Å². The Labute approximate surface area is 151 Å². The van der Waals surface area contributed by atoms with Gasteiger partial charge in [-0.05, 0) is 30.5 Å². The first kappa shape index (κ1) is 18.0. The van der Waals surface area contributed by atoms with Gasteiger partial charge in [0.05, 0.1) is 12.5 Å². The zero-order valence-electron chi connectivity index (χ0n) is 15.3. The Morgan fingerprint density at radius 2 is 1.73 bits per heavy atom. The Bertz CT molecular complexity index is 897. The van der Waals surface area contributed by atoms with Crippen LogP contribution in [0.4, 0.5) is 0 Å². The molecule has 1 aromatic carbocycles. The van der Waals surface area contributed by atoms with Gasteiger partial charge in [-0.2, -0.15) is 0 Å². The van der Waals surface area contributed by atoms with E-state index in [0.29, 0.717) is 37.3 Å². The molecule has 0 unspecified atom stereocenters. The van der Waals surface area contributed by atoms with Crippen LogP contribution < -0.4 is 10.3 Å². The highest BCUT2D eigenvalue weighted by Crippen LogP contribution is 2.19. The lowest BCUT2D eigenvalue weighted by molar-refractivity contribution is -0.140. The summed E-state index contributed by atoms with van der Waals surface area (Å²) in [6.45, 7) is 5.28. The summed E-state index contributed by atoms with van der Waals surface area (Å²) < 4.78 is 6.65. The average molecular weight is 357 g/mol. The molecule has 0 spiro atoms. The van der Waals surface area contributed by atoms with E-state index in [4.69, 9.17) is 4.74 Å². The number of methoxy groups -OCH3 is 1. The quantitative estimate of drug-likeness (QED) is 0.829. The van der Waals surface area contributed by atoms with E-state index in [1.165, 1.54) is 11.5 Å². The monoisotopic (exact) mass is 357 g/mol. The number of piperazine rings is 1. The van der Waals surface area contributed by atoms with Crippen molar-refractivity contribution in [3.05, 3.63) is 40.8 Å². The molecule has 3 rings (SSSR count). The minimum atomic E-state index is -0.609. The van der Waals surface area contributed by atoms with Gasteiger partial charge in [0.2, 0.25) is 11.8 Å². The summed E-state index contributed by atoms with van der Waals surface area (Å²) in [5.41, 5.74) is -0.218. The maximum Gasteiger partial charge on any atom is 0.259 e. The highest BCUT2D eigenvalue weighted by atomic mass is 16.5. The molecule has 1 saturated heterocycles. The van der Waals surface area contributed by atoms with Gasteiger partial charge in [-0.1, -0.05) is 6.07 Å². The van der Waals surface area contributed by atoms with Crippen molar-refractivity contribution in [2.45, 2.75) is 19.9 Å². The zero-order valence-corrected chi connectivity index (χ0v) is 15.3. The molecular weight excluding hydrogens is 334 g/mol. The number of pyridine rings is 1. The number of aromatic nitrogens is 1. The van der Waals surface area contributed by atoms with E-state index in [-0.39, 0.29) is 17.4 Å². The van der Waals surface area contributed by atoms with Gasteiger partial charge in [-0.15, -0.1) is 0 Å². The molecule has 1 aromatic heterocycles. The van der Waals surface area contributed by atoms with Crippen LogP contribution >= 0.6 is 0 Å². The van der Waals surface area contributed by atoms with Crippen LogP contribution in [0.2, 0.25) is 0 Å². The summed E-state index contributed by atoms with van der Waals surface area (Å²) in [6.07, 6.45) is 1.66. The second kappa shape index (κ2) is 7.19. The van der Waals surface area contributed by atoms with E-state index in [2.05, 4.69) is 0 Å². The average Bonchev–Trinajstić information content (AvgIpc) is 2.67. The number of hydrogen-bond acceptors (Lipinski definition) is 4. The molecule has 0 radical (unpaired) electrons. The van der Waals surface area contributed by atoms with E-state index in [9.17, 15) is 14.4 Å². The third-order valence-electron chi connectivity index (χ3n) is 4.95. The third-order valence-corrected chi connectivity index (χ3v) is 4.95. The van der Waals surface area contributed by atoms with Crippen molar-refractivity contribution >= 4 is 22.6 Å². The van der Waals surface area contributed by atoms with Gasteiger partial charge in [-0.3, -0.25) is 14.4 Å². The topological polar surface area (TPSA) is 71.8 Å². The first-order valence-corrected chi connectivity index (χ1v) is 8.65. The van der Waals surface area contributed by atoms with Crippen molar-refractivity contribution < 1.29 is 14.3 Å². The van der Waals surface area contributed by atoms with Crippen molar-refractivity contribution in [2.24, 2.45) is 0 Å². The van der Waals surface area contributed by atoms with Gasteiger partial charge < -0.3 is 19.1 Å². The molecule has 1 aliphatic heterocycles. The first-order chi connectivity index (χ1) is 12.4. The van der Waals surface area contributed by atoms with Gasteiger partial charge in [-0.25, -0.2) is 0 Å². The zero-order chi connectivity index (χ0) is 18.8. The highest BCUT2D eigenvalue weighted by Gasteiger charge is 2.27. The summed E-state index contributed by atoms with van der Waals surface area (Å²) in [6, 6.07) is 6.54. The van der Waals surface area contributed by atoms with E-state index >= 15 is 0 Å². The number of amides is 2. The Morgan fingerprint density at radius 1 is 1.08 bits per heavy atom. The predicted molar refractivity (Wildman–Crippen MR) is 98.3 cm³/mol. The van der Waals surface area contributed by atoms with Crippen LogP contribution in [0.3, 0.4) is 0 Å². The lowest BCUT2D eigenvalue weighted by Crippen LogP contribution is -2.51. The van der Waals surface area contributed by atoms with Gasteiger partial charge in [0.15, 0.2) is 0 Å². The van der Waals surface area contributed by atoms with Crippen LogP contribution in [0, 0.1) is 0 Å². The Morgan fingerprint density at radius 3 is 2.35 bits per heavy atom. The molecule has 1 atom stereocenters. The number of hydrogen-bond donors (Lipinski definition) is 0. The van der Waals surface area contributed by atoms with Crippen LogP contribution in [0.5, 0.6) is 5.75 Å². The number of benzene rings is 1. The summed E-state index contributed by atoms with van der Waals surface area (Å²) in [5.74, 6) is 0.508. The molecule has 1 aliphatic rings. The lowest BCUT2D eigenvalue weighted by Gasteiger charge is -2.35. The Kier molecular flexibility index (Phi) is 4.97. The third kappa shape index (κ3) is 3.29. The van der Waals surface area contributed by atoms with E-state index in [1.54, 1.807) is 42.2 Å². The van der Waals surface area contributed by atoms with Crippen LogP contribution in [0.25, 0.3) is 10.8 Å². The number of fused-ring (bicyclic) bond motifs is 1. The summed E-state index contributed by atoms with van der Waals surface area (Å²) in [4.78, 5) is 40.5. The maximum absolute atomic E-state index is 12.9. The number of carbonyl (C=O) groups is 2. The molecule has 138 valence electrons. The molecule has 26 heavy (non-hydrogen) atoms. The van der Waals surface area contributed by atoms with E-state index < -0.39 is 6.04 Å². The molecular formula is C19H23N3O4. The molecule has 2 aromatic rings. The minimum absolute atomic E-state index is 0.0184. The number of rotatable bonds is 3. The second-order valence-corrected chi connectivity index (χ2v) is 6.49.